The van der Waals surface area contributed by atoms with Crippen LogP contribution in [0.2, 0.25) is 10.0 Å². The van der Waals surface area contributed by atoms with E-state index >= 15 is 0 Å². The van der Waals surface area contributed by atoms with E-state index in [0.717, 1.165) is 6.08 Å². The van der Waals surface area contributed by atoms with Crippen molar-refractivity contribution in [2.24, 2.45) is 0 Å². The third-order valence-corrected chi connectivity index (χ3v) is 4.41. The molecule has 0 bridgehead atoms. The number of halogens is 3. The molecule has 0 aliphatic carbocycles. The van der Waals surface area contributed by atoms with Crippen molar-refractivity contribution in [3.8, 4) is 11.1 Å². The first-order valence-electron chi connectivity index (χ1n) is 8.40. The summed E-state index contributed by atoms with van der Waals surface area (Å²) >= 11 is 12.0. The third-order valence-electron chi connectivity index (χ3n) is 3.97. The lowest BCUT2D eigenvalue weighted by atomic mass is 10.0. The number of amides is 1. The predicted molar refractivity (Wildman–Crippen MR) is 113 cm³/mol. The van der Waals surface area contributed by atoms with E-state index in [0.29, 0.717) is 32.4 Å². The number of carbonyl (C=O) groups excluding carboxylic acids is 1. The average molecular weight is 430 g/mol. The van der Waals surface area contributed by atoms with E-state index in [2.05, 4.69) is 5.32 Å². The number of rotatable bonds is 5. The summed E-state index contributed by atoms with van der Waals surface area (Å²) in [4.78, 5) is 23.2. The van der Waals surface area contributed by atoms with Crippen LogP contribution in [0.15, 0.2) is 66.7 Å². The molecule has 0 aliphatic heterocycles. The Kier molecular flexibility index (Phi) is 6.32. The fourth-order valence-corrected chi connectivity index (χ4v) is 3.21. The van der Waals surface area contributed by atoms with Gasteiger partial charge in [0.1, 0.15) is 5.82 Å². The molecule has 7 heteroatoms. The van der Waals surface area contributed by atoms with Crippen LogP contribution in [0.1, 0.15) is 15.9 Å². The van der Waals surface area contributed by atoms with Crippen molar-refractivity contribution < 1.29 is 19.1 Å². The van der Waals surface area contributed by atoms with Crippen LogP contribution >= 0.6 is 23.2 Å². The molecular formula is C22H14Cl2FNO3. The zero-order chi connectivity index (χ0) is 21.0. The zero-order valence-electron chi connectivity index (χ0n) is 14.8. The molecule has 3 aromatic carbocycles. The molecular weight excluding hydrogens is 416 g/mol. The Hall–Kier alpha value is -3.15. The molecule has 3 rings (SSSR count). The molecule has 0 fully saturated rings. The van der Waals surface area contributed by atoms with Crippen molar-refractivity contribution in [2.45, 2.75) is 0 Å². The second kappa shape index (κ2) is 8.90. The van der Waals surface area contributed by atoms with Crippen LogP contribution < -0.4 is 5.32 Å². The fourth-order valence-electron chi connectivity index (χ4n) is 2.69. The maximum atomic E-state index is 14.3. The van der Waals surface area contributed by atoms with Crippen molar-refractivity contribution in [3.05, 3.63) is 93.7 Å². The molecule has 0 saturated carbocycles. The Labute approximate surface area is 176 Å². The van der Waals surface area contributed by atoms with Gasteiger partial charge < -0.3 is 10.4 Å². The minimum absolute atomic E-state index is 0.148. The van der Waals surface area contributed by atoms with E-state index in [1.165, 1.54) is 24.3 Å². The number of hydrogen-bond donors (Lipinski definition) is 2. The summed E-state index contributed by atoms with van der Waals surface area (Å²) in [5.74, 6) is -2.41. The minimum atomic E-state index is -1.08. The first kappa shape index (κ1) is 20.6. The minimum Gasteiger partial charge on any atom is -0.478 e. The molecule has 0 spiro atoms. The van der Waals surface area contributed by atoms with Crippen LogP contribution in [-0.2, 0) is 4.79 Å². The molecule has 0 atom stereocenters. The second-order valence-electron chi connectivity index (χ2n) is 6.10. The van der Waals surface area contributed by atoms with Crippen molar-refractivity contribution in [3.63, 3.8) is 0 Å². The van der Waals surface area contributed by atoms with Crippen LogP contribution in [0.3, 0.4) is 0 Å². The molecule has 0 radical (unpaired) electrons. The molecule has 0 heterocycles. The Balaban J connectivity index is 1.88. The van der Waals surface area contributed by atoms with Crippen LogP contribution in [0.5, 0.6) is 0 Å². The first-order valence-corrected chi connectivity index (χ1v) is 9.16. The topological polar surface area (TPSA) is 66.4 Å². The number of aliphatic carboxylic acids is 1. The fraction of sp³-hybridized carbons (Fsp3) is 0. The van der Waals surface area contributed by atoms with Gasteiger partial charge in [0.2, 0.25) is 0 Å². The van der Waals surface area contributed by atoms with E-state index in [-0.39, 0.29) is 5.56 Å². The maximum absolute atomic E-state index is 14.3. The molecule has 0 unspecified atom stereocenters. The number of carboxylic acid groups (broad SMARTS) is 1. The molecule has 0 aliphatic rings. The lowest BCUT2D eigenvalue weighted by Gasteiger charge is -2.10. The maximum Gasteiger partial charge on any atom is 0.328 e. The molecule has 29 heavy (non-hydrogen) atoms. The Bertz CT molecular complexity index is 1110. The van der Waals surface area contributed by atoms with Gasteiger partial charge in [0, 0.05) is 21.8 Å². The number of benzene rings is 3. The molecule has 3 aromatic rings. The lowest BCUT2D eigenvalue weighted by molar-refractivity contribution is -0.131. The van der Waals surface area contributed by atoms with Crippen LogP contribution in [-0.4, -0.2) is 17.0 Å². The van der Waals surface area contributed by atoms with Crippen molar-refractivity contribution in [2.75, 3.05) is 5.32 Å². The monoisotopic (exact) mass is 429 g/mol. The van der Waals surface area contributed by atoms with E-state index < -0.39 is 17.7 Å². The molecule has 4 nitrogen and oxygen atoms in total. The molecule has 2 N–H and O–H groups in total. The van der Waals surface area contributed by atoms with Crippen LogP contribution in [0.25, 0.3) is 17.2 Å². The Morgan fingerprint density at radius 2 is 1.66 bits per heavy atom. The largest absolute Gasteiger partial charge is 0.478 e. The highest BCUT2D eigenvalue weighted by molar-refractivity contribution is 6.35. The molecule has 0 aromatic heterocycles. The van der Waals surface area contributed by atoms with Crippen molar-refractivity contribution in [1.29, 1.82) is 0 Å². The SMILES string of the molecule is O=C(O)C=Cc1cccc(NC(=O)c2cc(-c3cc(Cl)cc(Cl)c3)ccc2F)c1. The lowest BCUT2D eigenvalue weighted by Crippen LogP contribution is -2.14. The summed E-state index contributed by atoms with van der Waals surface area (Å²) in [6.07, 6.45) is 2.38. The normalized spacial score (nSPS) is 10.9. The van der Waals surface area contributed by atoms with Crippen molar-refractivity contribution >= 4 is 46.8 Å². The highest BCUT2D eigenvalue weighted by Gasteiger charge is 2.14. The number of nitrogens with one attached hydrogen (secondary N) is 1. The van der Waals surface area contributed by atoms with Gasteiger partial charge in [0.15, 0.2) is 0 Å². The molecule has 146 valence electrons. The molecule has 1 amide bonds. The quantitative estimate of drug-likeness (QED) is 0.477. The van der Waals surface area contributed by atoms with E-state index in [1.54, 1.807) is 42.5 Å². The standard InChI is InChI=1S/C22H14Cl2FNO3/c23-16-9-15(10-17(24)12-16)14-5-6-20(25)19(11-14)22(29)26-18-3-1-2-13(8-18)4-7-21(27)28/h1-12H,(H,26,29)(H,27,28). The van der Waals surface area contributed by atoms with E-state index in [1.807, 2.05) is 0 Å². The van der Waals surface area contributed by atoms with Gasteiger partial charge in [-0.05, 0) is 65.2 Å². The van der Waals surface area contributed by atoms with Gasteiger partial charge in [-0.3, -0.25) is 4.79 Å². The van der Waals surface area contributed by atoms with Gasteiger partial charge >= 0.3 is 5.97 Å². The van der Waals surface area contributed by atoms with Gasteiger partial charge in [-0.2, -0.15) is 0 Å². The predicted octanol–water partition coefficient (Wildman–Crippen LogP) is 6.15. The van der Waals surface area contributed by atoms with Gasteiger partial charge in [-0.25, -0.2) is 9.18 Å². The number of hydrogen-bond acceptors (Lipinski definition) is 2. The summed E-state index contributed by atoms with van der Waals surface area (Å²) < 4.78 is 14.3. The van der Waals surface area contributed by atoms with Gasteiger partial charge in [-0.1, -0.05) is 41.4 Å². The summed E-state index contributed by atoms with van der Waals surface area (Å²) in [5.41, 5.74) is 2.06. The third kappa shape index (κ3) is 5.44. The second-order valence-corrected chi connectivity index (χ2v) is 6.98. The Morgan fingerprint density at radius 3 is 2.34 bits per heavy atom. The summed E-state index contributed by atoms with van der Waals surface area (Å²) in [5, 5.41) is 12.2. The average Bonchev–Trinajstić information content (AvgIpc) is 2.66. The highest BCUT2D eigenvalue weighted by Crippen LogP contribution is 2.28. The van der Waals surface area contributed by atoms with Crippen LogP contribution in [0.4, 0.5) is 10.1 Å². The van der Waals surface area contributed by atoms with Crippen molar-refractivity contribution in [1.82, 2.24) is 0 Å². The van der Waals surface area contributed by atoms with Crippen LogP contribution in [0, 0.1) is 5.82 Å². The van der Waals surface area contributed by atoms with Gasteiger partial charge in [0.05, 0.1) is 5.56 Å². The number of anilines is 1. The van der Waals surface area contributed by atoms with E-state index in [4.69, 9.17) is 28.3 Å². The zero-order valence-corrected chi connectivity index (χ0v) is 16.3. The number of carboxylic acids is 1. The number of carbonyl (C=O) groups is 2. The Morgan fingerprint density at radius 1 is 0.931 bits per heavy atom. The summed E-state index contributed by atoms with van der Waals surface area (Å²) in [6, 6.07) is 15.6. The first-order chi connectivity index (χ1) is 13.8. The highest BCUT2D eigenvalue weighted by atomic mass is 35.5. The summed E-state index contributed by atoms with van der Waals surface area (Å²) in [6.45, 7) is 0. The summed E-state index contributed by atoms with van der Waals surface area (Å²) in [7, 11) is 0. The molecule has 0 saturated heterocycles. The van der Waals surface area contributed by atoms with E-state index in [9.17, 15) is 14.0 Å². The smallest absolute Gasteiger partial charge is 0.328 e. The van der Waals surface area contributed by atoms with Gasteiger partial charge in [-0.15, -0.1) is 0 Å². The van der Waals surface area contributed by atoms with Gasteiger partial charge in [0.25, 0.3) is 5.91 Å².